The van der Waals surface area contributed by atoms with Gasteiger partial charge in [0.05, 0.1) is 0 Å². The average molecular weight is 359 g/mol. The van der Waals surface area contributed by atoms with Crippen LogP contribution in [0.25, 0.3) is 0 Å². The Morgan fingerprint density at radius 1 is 1.04 bits per heavy atom. The van der Waals surface area contributed by atoms with Gasteiger partial charge in [-0.2, -0.15) is 18.3 Å². The van der Waals surface area contributed by atoms with E-state index < -0.39 is 17.4 Å². The highest BCUT2D eigenvalue weighted by Crippen LogP contribution is 2.27. The van der Waals surface area contributed by atoms with Crippen molar-refractivity contribution in [3.05, 3.63) is 28.2 Å². The molecule has 0 atom stereocenters. The molecule has 5 nitrogen and oxygen atoms in total. The monoisotopic (exact) mass is 359 g/mol. The van der Waals surface area contributed by atoms with Crippen LogP contribution in [0.3, 0.4) is 0 Å². The fourth-order valence-corrected chi connectivity index (χ4v) is 3.62. The molecule has 0 spiro atoms. The zero-order valence-corrected chi connectivity index (χ0v) is 14.2. The smallest absolute Gasteiger partial charge is 0.381 e. The van der Waals surface area contributed by atoms with E-state index in [1.807, 2.05) is 0 Å². The number of aromatic nitrogens is 2. The highest BCUT2D eigenvalue weighted by molar-refractivity contribution is 5.04. The fraction of sp³-hybridized carbons (Fsp3) is 0.765. The van der Waals surface area contributed by atoms with Crippen molar-refractivity contribution in [1.29, 1.82) is 0 Å². The lowest BCUT2D eigenvalue weighted by atomic mass is 9.94. The third-order valence-corrected chi connectivity index (χ3v) is 5.15. The quantitative estimate of drug-likeness (QED) is 0.828. The van der Waals surface area contributed by atoms with Gasteiger partial charge >= 0.3 is 6.18 Å². The van der Waals surface area contributed by atoms with E-state index >= 15 is 0 Å². The minimum Gasteiger partial charge on any atom is -0.381 e. The molecule has 0 saturated carbocycles. The molecule has 2 aliphatic heterocycles. The van der Waals surface area contributed by atoms with Gasteiger partial charge in [0.1, 0.15) is 0 Å². The van der Waals surface area contributed by atoms with E-state index in [1.165, 1.54) is 0 Å². The van der Waals surface area contributed by atoms with Crippen LogP contribution in [0.1, 0.15) is 31.4 Å². The Kier molecular flexibility index (Phi) is 5.78. The molecule has 8 heteroatoms. The van der Waals surface area contributed by atoms with E-state index in [4.69, 9.17) is 4.74 Å². The molecule has 0 aromatic carbocycles. The first kappa shape index (κ1) is 18.4. The zero-order chi connectivity index (χ0) is 17.9. The average Bonchev–Trinajstić information content (AvgIpc) is 2.58. The minimum atomic E-state index is -4.53. The Hall–Kier alpha value is -1.41. The van der Waals surface area contributed by atoms with Gasteiger partial charge in [0.15, 0.2) is 5.69 Å². The van der Waals surface area contributed by atoms with Crippen LogP contribution in [0.2, 0.25) is 0 Å². The van der Waals surface area contributed by atoms with Gasteiger partial charge < -0.3 is 9.64 Å². The Morgan fingerprint density at radius 3 is 2.32 bits per heavy atom. The van der Waals surface area contributed by atoms with Crippen LogP contribution in [0, 0.1) is 11.8 Å². The van der Waals surface area contributed by atoms with Crippen molar-refractivity contribution >= 4 is 0 Å². The largest absolute Gasteiger partial charge is 0.435 e. The normalized spacial score (nSPS) is 21.6. The number of ether oxygens (including phenoxy) is 1. The molecule has 0 N–H and O–H groups in total. The number of nitrogens with zero attached hydrogens (tertiary/aromatic N) is 3. The second kappa shape index (κ2) is 7.86. The van der Waals surface area contributed by atoms with E-state index in [1.54, 1.807) is 0 Å². The molecule has 2 saturated heterocycles. The summed E-state index contributed by atoms with van der Waals surface area (Å²) in [5.41, 5.74) is -1.48. The summed E-state index contributed by atoms with van der Waals surface area (Å²) >= 11 is 0. The van der Waals surface area contributed by atoms with E-state index in [-0.39, 0.29) is 12.5 Å². The van der Waals surface area contributed by atoms with Crippen molar-refractivity contribution in [2.75, 3.05) is 32.8 Å². The van der Waals surface area contributed by atoms with Crippen molar-refractivity contribution in [3.63, 3.8) is 0 Å². The van der Waals surface area contributed by atoms with Crippen LogP contribution in [0.4, 0.5) is 13.2 Å². The summed E-state index contributed by atoms with van der Waals surface area (Å²) in [5.74, 6) is 0.873. The van der Waals surface area contributed by atoms with Gasteiger partial charge in [0.25, 0.3) is 5.56 Å². The maximum atomic E-state index is 12.8. The van der Waals surface area contributed by atoms with Crippen molar-refractivity contribution in [2.45, 2.75) is 38.4 Å². The molecule has 1 aromatic heterocycles. The molecule has 0 amide bonds. The molecule has 1 aromatic rings. The number of hydrogen-bond donors (Lipinski definition) is 0. The third kappa shape index (κ3) is 5.04. The van der Waals surface area contributed by atoms with E-state index in [0.29, 0.717) is 5.92 Å². The van der Waals surface area contributed by atoms with Gasteiger partial charge in [-0.05, 0) is 56.7 Å². The number of rotatable bonds is 4. The van der Waals surface area contributed by atoms with Crippen molar-refractivity contribution in [3.8, 4) is 0 Å². The summed E-state index contributed by atoms with van der Waals surface area (Å²) in [7, 11) is 0. The summed E-state index contributed by atoms with van der Waals surface area (Å²) in [6, 6.07) is 1.70. The molecular formula is C17H24F3N3O2. The molecule has 0 aliphatic carbocycles. The van der Waals surface area contributed by atoms with Gasteiger partial charge in [0, 0.05) is 32.4 Å². The predicted molar refractivity (Wildman–Crippen MR) is 86.2 cm³/mol. The molecule has 0 unspecified atom stereocenters. The molecule has 3 rings (SSSR count). The van der Waals surface area contributed by atoms with Gasteiger partial charge in [-0.3, -0.25) is 4.79 Å². The standard InChI is InChI=1S/C17H24F3N3O2/c18-17(19,20)15-1-2-16(24)23(21-15)12-13-3-7-22(8-4-13)11-14-5-9-25-10-6-14/h1-2,13-14H,3-12H2. The molecule has 2 aliphatic rings. The minimum absolute atomic E-state index is 0.194. The van der Waals surface area contributed by atoms with Gasteiger partial charge in [-0.25, -0.2) is 4.68 Å². The summed E-state index contributed by atoms with van der Waals surface area (Å²) in [5, 5.41) is 3.50. The number of halogens is 3. The third-order valence-electron chi connectivity index (χ3n) is 5.15. The number of hydrogen-bond acceptors (Lipinski definition) is 4. The van der Waals surface area contributed by atoms with Crippen LogP contribution in [0.5, 0.6) is 0 Å². The lowest BCUT2D eigenvalue weighted by Crippen LogP contribution is -2.40. The molecule has 3 heterocycles. The first-order valence-corrected chi connectivity index (χ1v) is 8.87. The van der Waals surface area contributed by atoms with Gasteiger partial charge in [-0.1, -0.05) is 0 Å². The lowest BCUT2D eigenvalue weighted by Gasteiger charge is -2.35. The number of likely N-dealkylation sites (tertiary alicyclic amines) is 1. The summed E-state index contributed by atoms with van der Waals surface area (Å²) in [4.78, 5) is 14.2. The fourth-order valence-electron chi connectivity index (χ4n) is 3.62. The van der Waals surface area contributed by atoms with E-state index in [9.17, 15) is 18.0 Å². The second-order valence-electron chi connectivity index (χ2n) is 7.04. The van der Waals surface area contributed by atoms with E-state index in [2.05, 4.69) is 10.00 Å². The topological polar surface area (TPSA) is 47.4 Å². The first-order chi connectivity index (χ1) is 11.9. The first-order valence-electron chi connectivity index (χ1n) is 8.87. The Labute approximate surface area is 144 Å². The van der Waals surface area contributed by atoms with E-state index in [0.717, 1.165) is 75.3 Å². The van der Waals surface area contributed by atoms with Crippen molar-refractivity contribution in [2.24, 2.45) is 11.8 Å². The maximum absolute atomic E-state index is 12.8. The Balaban J connectivity index is 1.53. The van der Waals surface area contributed by atoms with Crippen molar-refractivity contribution in [1.82, 2.24) is 14.7 Å². The second-order valence-corrected chi connectivity index (χ2v) is 7.04. The van der Waals surface area contributed by atoms with Crippen LogP contribution in [-0.4, -0.2) is 47.5 Å². The van der Waals surface area contributed by atoms with Crippen LogP contribution in [0.15, 0.2) is 16.9 Å². The number of alkyl halides is 3. The van der Waals surface area contributed by atoms with Crippen LogP contribution >= 0.6 is 0 Å². The molecule has 2 fully saturated rings. The maximum Gasteiger partial charge on any atom is 0.435 e. The Bertz CT molecular complexity index is 618. The van der Waals surface area contributed by atoms with Crippen LogP contribution < -0.4 is 5.56 Å². The molecule has 140 valence electrons. The van der Waals surface area contributed by atoms with Gasteiger partial charge in [-0.15, -0.1) is 0 Å². The molecule has 0 radical (unpaired) electrons. The van der Waals surface area contributed by atoms with Gasteiger partial charge in [0.2, 0.25) is 0 Å². The number of piperidine rings is 1. The van der Waals surface area contributed by atoms with Crippen molar-refractivity contribution < 1.29 is 17.9 Å². The SMILES string of the molecule is O=c1ccc(C(F)(F)F)nn1CC1CCN(CC2CCOCC2)CC1. The molecule has 0 bridgehead atoms. The molecular weight excluding hydrogens is 335 g/mol. The highest BCUT2D eigenvalue weighted by atomic mass is 19.4. The molecule has 25 heavy (non-hydrogen) atoms. The van der Waals surface area contributed by atoms with Crippen LogP contribution in [-0.2, 0) is 17.5 Å². The zero-order valence-electron chi connectivity index (χ0n) is 14.2. The summed E-state index contributed by atoms with van der Waals surface area (Å²) in [6.07, 6.45) is -0.559. The highest BCUT2D eigenvalue weighted by Gasteiger charge is 2.33. The predicted octanol–water partition coefficient (Wildman–Crippen LogP) is 2.40. The summed E-state index contributed by atoms with van der Waals surface area (Å²) in [6.45, 7) is 4.85. The Morgan fingerprint density at radius 2 is 1.68 bits per heavy atom. The summed E-state index contributed by atoms with van der Waals surface area (Å²) < 4.78 is 44.6. The lowest BCUT2D eigenvalue weighted by molar-refractivity contribution is -0.142.